The topological polar surface area (TPSA) is 106 Å². The molecule has 11 heteroatoms. The Balaban J connectivity index is 1.71. The zero-order valence-corrected chi connectivity index (χ0v) is 18.8. The third-order valence-electron chi connectivity index (χ3n) is 4.49. The molecule has 0 atom stereocenters. The molecular weight excluding hydrogens is 468 g/mol. The highest BCUT2D eigenvalue weighted by atomic mass is 79.9. The number of halogens is 2. The molecule has 1 amide bonds. The van der Waals surface area contributed by atoms with Crippen LogP contribution in [-0.2, 0) is 9.47 Å². The Morgan fingerprint density at radius 2 is 2.10 bits per heavy atom. The summed E-state index contributed by atoms with van der Waals surface area (Å²) < 4.78 is 12.7. The van der Waals surface area contributed by atoms with Gasteiger partial charge in [-0.3, -0.25) is 4.90 Å². The Morgan fingerprint density at radius 1 is 1.45 bits per heavy atom. The summed E-state index contributed by atoms with van der Waals surface area (Å²) >= 11 is 9.40. The van der Waals surface area contributed by atoms with Crippen LogP contribution in [0.3, 0.4) is 0 Å². The molecule has 1 N–H and O–H groups in total. The lowest BCUT2D eigenvalue weighted by Crippen LogP contribution is -2.50. The van der Waals surface area contributed by atoms with Crippen molar-refractivity contribution in [1.29, 1.82) is 0 Å². The van der Waals surface area contributed by atoms with E-state index in [2.05, 4.69) is 26.0 Å². The summed E-state index contributed by atoms with van der Waals surface area (Å²) in [5.41, 5.74) is -0.900. The standard InChI is InChI=1S/C18H22BrClN4O5/c1-17(2,3)28-16(27)29-18(4)6-10(7-18)9-23(15(25)26)13-5-12(20)22-14-11(19)8-21-24(13)14/h5,8,10H,6-7,9H2,1-4H3,(H,25,26)/t10-,18+. The van der Waals surface area contributed by atoms with Gasteiger partial charge in [0.1, 0.15) is 22.2 Å². The highest BCUT2D eigenvalue weighted by Crippen LogP contribution is 2.42. The lowest BCUT2D eigenvalue weighted by atomic mass is 9.71. The number of nitrogens with zero attached hydrogens (tertiary/aromatic N) is 4. The predicted octanol–water partition coefficient (Wildman–Crippen LogP) is 4.75. The minimum absolute atomic E-state index is 0.000435. The Labute approximate surface area is 181 Å². The van der Waals surface area contributed by atoms with Crippen molar-refractivity contribution in [3.8, 4) is 0 Å². The van der Waals surface area contributed by atoms with Crippen molar-refractivity contribution in [2.24, 2.45) is 5.92 Å². The molecule has 2 aromatic rings. The zero-order chi connectivity index (χ0) is 21.6. The van der Waals surface area contributed by atoms with Gasteiger partial charge in [-0.15, -0.1) is 0 Å². The van der Waals surface area contributed by atoms with Crippen molar-refractivity contribution in [3.05, 3.63) is 21.9 Å². The van der Waals surface area contributed by atoms with Gasteiger partial charge < -0.3 is 14.6 Å². The molecule has 1 aliphatic carbocycles. The van der Waals surface area contributed by atoms with Crippen LogP contribution in [0, 0.1) is 5.92 Å². The summed E-state index contributed by atoms with van der Waals surface area (Å²) in [4.78, 5) is 29.2. The van der Waals surface area contributed by atoms with E-state index in [1.54, 1.807) is 20.8 Å². The van der Waals surface area contributed by atoms with E-state index in [9.17, 15) is 14.7 Å². The molecule has 0 aromatic carbocycles. The third-order valence-corrected chi connectivity index (χ3v) is 5.24. The van der Waals surface area contributed by atoms with E-state index in [1.807, 2.05) is 6.92 Å². The molecule has 1 aliphatic rings. The van der Waals surface area contributed by atoms with Gasteiger partial charge in [0.05, 0.1) is 10.7 Å². The number of carboxylic acid groups (broad SMARTS) is 1. The number of aromatic nitrogens is 3. The second-order valence-corrected chi connectivity index (χ2v) is 9.59. The van der Waals surface area contributed by atoms with Crippen LogP contribution in [0.2, 0.25) is 5.15 Å². The van der Waals surface area contributed by atoms with E-state index in [0.717, 1.165) is 0 Å². The minimum Gasteiger partial charge on any atom is -0.465 e. The second kappa shape index (κ2) is 7.64. The summed E-state index contributed by atoms with van der Waals surface area (Å²) in [6.45, 7) is 7.30. The van der Waals surface area contributed by atoms with Gasteiger partial charge in [0, 0.05) is 12.6 Å². The van der Waals surface area contributed by atoms with Crippen LogP contribution in [0.4, 0.5) is 15.4 Å². The Hall–Kier alpha value is -2.07. The number of carbonyl (C=O) groups is 2. The van der Waals surface area contributed by atoms with Crippen molar-refractivity contribution in [3.63, 3.8) is 0 Å². The fourth-order valence-electron chi connectivity index (χ4n) is 3.46. The highest BCUT2D eigenvalue weighted by molar-refractivity contribution is 9.10. The van der Waals surface area contributed by atoms with Crippen LogP contribution >= 0.6 is 27.5 Å². The highest BCUT2D eigenvalue weighted by Gasteiger charge is 2.46. The predicted molar refractivity (Wildman–Crippen MR) is 110 cm³/mol. The molecule has 1 saturated carbocycles. The van der Waals surface area contributed by atoms with E-state index in [-0.39, 0.29) is 17.6 Å². The lowest BCUT2D eigenvalue weighted by molar-refractivity contribution is -0.109. The van der Waals surface area contributed by atoms with Crippen LogP contribution < -0.4 is 4.90 Å². The Bertz CT molecular complexity index is 952. The number of hydrogen-bond donors (Lipinski definition) is 1. The van der Waals surface area contributed by atoms with Crippen LogP contribution in [-0.4, -0.2) is 49.7 Å². The van der Waals surface area contributed by atoms with Gasteiger partial charge in [0.15, 0.2) is 5.65 Å². The number of rotatable bonds is 4. The quantitative estimate of drug-likeness (QED) is 0.488. The average molecular weight is 490 g/mol. The maximum atomic E-state index is 11.9. The Kier molecular flexibility index (Phi) is 5.70. The summed E-state index contributed by atoms with van der Waals surface area (Å²) in [5.74, 6) is 0.291. The van der Waals surface area contributed by atoms with Crippen LogP contribution in [0.25, 0.3) is 5.65 Å². The maximum Gasteiger partial charge on any atom is 0.509 e. The second-order valence-electron chi connectivity index (χ2n) is 8.35. The first-order valence-corrected chi connectivity index (χ1v) is 10.2. The van der Waals surface area contributed by atoms with Crippen molar-refractivity contribution < 1.29 is 24.2 Å². The monoisotopic (exact) mass is 488 g/mol. The summed E-state index contributed by atoms with van der Waals surface area (Å²) in [7, 11) is 0. The minimum atomic E-state index is -1.14. The van der Waals surface area contributed by atoms with E-state index < -0.39 is 23.5 Å². The maximum absolute atomic E-state index is 11.9. The van der Waals surface area contributed by atoms with Crippen molar-refractivity contribution >= 4 is 51.2 Å². The van der Waals surface area contributed by atoms with Gasteiger partial charge in [0.2, 0.25) is 0 Å². The van der Waals surface area contributed by atoms with Gasteiger partial charge in [0.25, 0.3) is 0 Å². The third kappa shape index (κ3) is 4.92. The average Bonchev–Trinajstić information content (AvgIpc) is 2.89. The number of amides is 1. The van der Waals surface area contributed by atoms with E-state index in [0.29, 0.717) is 28.8 Å². The van der Waals surface area contributed by atoms with Crippen molar-refractivity contribution in [2.45, 2.75) is 51.7 Å². The molecule has 3 rings (SSSR count). The largest absolute Gasteiger partial charge is 0.509 e. The van der Waals surface area contributed by atoms with E-state index in [4.69, 9.17) is 21.1 Å². The summed E-state index contributed by atoms with van der Waals surface area (Å²) in [5, 5.41) is 14.1. The first-order valence-electron chi connectivity index (χ1n) is 8.99. The molecule has 0 radical (unpaired) electrons. The van der Waals surface area contributed by atoms with Gasteiger partial charge in [-0.25, -0.2) is 14.6 Å². The number of carbonyl (C=O) groups excluding carboxylic acids is 1. The first-order chi connectivity index (χ1) is 13.4. The van der Waals surface area contributed by atoms with Crippen LogP contribution in [0.1, 0.15) is 40.5 Å². The SMILES string of the molecule is CC(C)(C)OC(=O)O[C@]1(C)C[C@H](CN(C(=O)O)c2cc(Cl)nc3c(Br)cnn23)C1. The molecule has 0 aliphatic heterocycles. The van der Waals surface area contributed by atoms with Gasteiger partial charge >= 0.3 is 12.2 Å². The molecule has 0 bridgehead atoms. The van der Waals surface area contributed by atoms with E-state index >= 15 is 0 Å². The van der Waals surface area contributed by atoms with Crippen molar-refractivity contribution in [2.75, 3.05) is 11.4 Å². The molecule has 1 fully saturated rings. The lowest BCUT2D eigenvalue weighted by Gasteiger charge is -2.45. The Morgan fingerprint density at radius 3 is 2.69 bits per heavy atom. The molecule has 0 saturated heterocycles. The van der Waals surface area contributed by atoms with Crippen LogP contribution in [0.5, 0.6) is 0 Å². The van der Waals surface area contributed by atoms with Crippen LogP contribution in [0.15, 0.2) is 16.7 Å². The summed E-state index contributed by atoms with van der Waals surface area (Å²) in [6, 6.07) is 1.46. The van der Waals surface area contributed by atoms with Gasteiger partial charge in [-0.05, 0) is 62.4 Å². The first kappa shape index (κ1) is 21.6. The smallest absolute Gasteiger partial charge is 0.465 e. The number of ether oxygens (including phenoxy) is 2. The number of hydrogen-bond acceptors (Lipinski definition) is 6. The number of anilines is 1. The molecule has 9 nitrogen and oxygen atoms in total. The molecule has 158 valence electrons. The molecule has 29 heavy (non-hydrogen) atoms. The van der Waals surface area contributed by atoms with Crippen molar-refractivity contribution in [1.82, 2.24) is 14.6 Å². The van der Waals surface area contributed by atoms with E-state index in [1.165, 1.54) is 21.7 Å². The summed E-state index contributed by atoms with van der Waals surface area (Å²) in [6.07, 6.45) is 0.693. The molecule has 2 heterocycles. The van der Waals surface area contributed by atoms with Gasteiger partial charge in [-0.2, -0.15) is 9.61 Å². The zero-order valence-electron chi connectivity index (χ0n) is 16.5. The normalized spacial score (nSPS) is 21.5. The molecule has 0 unspecified atom stereocenters. The molecule has 0 spiro atoms. The molecular formula is C18H22BrClN4O5. The molecule has 2 aromatic heterocycles. The fraction of sp³-hybridized carbons (Fsp3) is 0.556. The number of fused-ring (bicyclic) bond motifs is 1. The fourth-order valence-corrected chi connectivity index (χ4v) is 3.98. The van der Waals surface area contributed by atoms with Gasteiger partial charge in [-0.1, -0.05) is 11.6 Å².